The summed E-state index contributed by atoms with van der Waals surface area (Å²) in [5.41, 5.74) is 0.982. The zero-order valence-electron chi connectivity index (χ0n) is 13.7. The number of carbonyl (C=O) groups is 2. The lowest BCUT2D eigenvalue weighted by Gasteiger charge is -2.17. The smallest absolute Gasteiger partial charge is 0.225 e. The maximum absolute atomic E-state index is 12.9. The van der Waals surface area contributed by atoms with Gasteiger partial charge in [0.2, 0.25) is 11.8 Å². The molecular formula is C18H23FN2O3. The number of nitrogens with zero attached hydrogens (tertiary/aromatic N) is 1. The van der Waals surface area contributed by atoms with Crippen LogP contribution in [0, 0.1) is 11.7 Å². The zero-order chi connectivity index (χ0) is 16.9. The summed E-state index contributed by atoms with van der Waals surface area (Å²) in [4.78, 5) is 26.0. The highest BCUT2D eigenvalue weighted by atomic mass is 19.1. The zero-order valence-corrected chi connectivity index (χ0v) is 13.7. The number of halogens is 1. The number of likely N-dealkylation sites (tertiary alicyclic amines) is 1. The first-order valence-corrected chi connectivity index (χ1v) is 8.53. The van der Waals surface area contributed by atoms with Crippen LogP contribution in [0.4, 0.5) is 4.39 Å². The number of hydrogen-bond donors (Lipinski definition) is 1. The lowest BCUT2D eigenvalue weighted by molar-refractivity contribution is -0.129. The molecule has 2 aliphatic rings. The van der Waals surface area contributed by atoms with E-state index in [1.165, 1.54) is 12.1 Å². The fourth-order valence-corrected chi connectivity index (χ4v) is 3.24. The van der Waals surface area contributed by atoms with Crippen molar-refractivity contribution in [3.05, 3.63) is 35.6 Å². The fraction of sp³-hybridized carbons (Fsp3) is 0.556. The summed E-state index contributed by atoms with van der Waals surface area (Å²) in [7, 11) is 0. The predicted octanol–water partition coefficient (Wildman–Crippen LogP) is 1.51. The molecule has 2 fully saturated rings. The van der Waals surface area contributed by atoms with Crippen LogP contribution in [-0.4, -0.2) is 49.1 Å². The summed E-state index contributed by atoms with van der Waals surface area (Å²) >= 11 is 0. The molecule has 1 aromatic rings. The lowest BCUT2D eigenvalue weighted by atomic mass is 10.1. The van der Waals surface area contributed by atoms with Crippen molar-refractivity contribution >= 4 is 11.8 Å². The molecule has 0 bridgehead atoms. The molecule has 5 nitrogen and oxygen atoms in total. The van der Waals surface area contributed by atoms with Gasteiger partial charge in [0.15, 0.2) is 0 Å². The topological polar surface area (TPSA) is 58.6 Å². The first kappa shape index (κ1) is 16.9. The molecule has 24 heavy (non-hydrogen) atoms. The van der Waals surface area contributed by atoms with Gasteiger partial charge in [-0.2, -0.15) is 0 Å². The monoisotopic (exact) mass is 334 g/mol. The van der Waals surface area contributed by atoms with Crippen molar-refractivity contribution < 1.29 is 18.7 Å². The van der Waals surface area contributed by atoms with E-state index in [1.807, 2.05) is 0 Å². The Morgan fingerprint density at radius 1 is 1.33 bits per heavy atom. The van der Waals surface area contributed by atoms with Gasteiger partial charge in [0.25, 0.3) is 0 Å². The van der Waals surface area contributed by atoms with E-state index in [0.717, 1.165) is 25.0 Å². The molecule has 2 saturated heterocycles. The van der Waals surface area contributed by atoms with E-state index in [-0.39, 0.29) is 36.1 Å². The Kier molecular flexibility index (Phi) is 5.45. The second-order valence-electron chi connectivity index (χ2n) is 6.50. The summed E-state index contributed by atoms with van der Waals surface area (Å²) in [6, 6.07) is 6.29. The van der Waals surface area contributed by atoms with E-state index in [1.54, 1.807) is 17.0 Å². The van der Waals surface area contributed by atoms with Gasteiger partial charge in [-0.25, -0.2) is 4.39 Å². The minimum absolute atomic E-state index is 0.00868. The van der Waals surface area contributed by atoms with Crippen LogP contribution in [0.25, 0.3) is 0 Å². The Morgan fingerprint density at radius 2 is 2.12 bits per heavy atom. The largest absolute Gasteiger partial charge is 0.376 e. The minimum Gasteiger partial charge on any atom is -0.376 e. The van der Waals surface area contributed by atoms with Crippen molar-refractivity contribution in [1.82, 2.24) is 10.2 Å². The first-order chi connectivity index (χ1) is 11.6. The second kappa shape index (κ2) is 7.75. The first-order valence-electron chi connectivity index (χ1n) is 8.53. The third-order valence-corrected chi connectivity index (χ3v) is 4.70. The molecule has 1 aromatic carbocycles. The standard InChI is InChI=1S/C18H23FN2O3/c19-15-5-3-13(4-6-15)7-8-21-12-14(10-17(21)22)18(23)20-11-16-2-1-9-24-16/h3-6,14,16H,1-2,7-12H2,(H,20,23)/t14-,16+/m1/s1. The lowest BCUT2D eigenvalue weighted by Crippen LogP contribution is -2.37. The number of nitrogens with one attached hydrogen (secondary N) is 1. The van der Waals surface area contributed by atoms with Crippen molar-refractivity contribution in [2.24, 2.45) is 5.92 Å². The van der Waals surface area contributed by atoms with E-state index in [4.69, 9.17) is 4.74 Å². The molecular weight excluding hydrogens is 311 g/mol. The van der Waals surface area contributed by atoms with Crippen molar-refractivity contribution in [3.8, 4) is 0 Å². The van der Waals surface area contributed by atoms with Crippen LogP contribution >= 0.6 is 0 Å². The molecule has 0 aromatic heterocycles. The van der Waals surface area contributed by atoms with Gasteiger partial charge >= 0.3 is 0 Å². The molecule has 0 unspecified atom stereocenters. The Balaban J connectivity index is 1.44. The molecule has 2 aliphatic heterocycles. The van der Waals surface area contributed by atoms with Gasteiger partial charge in [-0.15, -0.1) is 0 Å². The highest BCUT2D eigenvalue weighted by Crippen LogP contribution is 2.19. The predicted molar refractivity (Wildman–Crippen MR) is 86.8 cm³/mol. The quantitative estimate of drug-likeness (QED) is 0.858. The molecule has 6 heteroatoms. The maximum atomic E-state index is 12.9. The van der Waals surface area contributed by atoms with E-state index in [0.29, 0.717) is 26.1 Å². The van der Waals surface area contributed by atoms with Crippen molar-refractivity contribution in [2.45, 2.75) is 31.8 Å². The maximum Gasteiger partial charge on any atom is 0.225 e. The molecule has 2 amide bonds. The van der Waals surface area contributed by atoms with Gasteiger partial charge in [-0.05, 0) is 37.0 Å². The average molecular weight is 334 g/mol. The van der Waals surface area contributed by atoms with Crippen molar-refractivity contribution in [3.63, 3.8) is 0 Å². The van der Waals surface area contributed by atoms with Crippen molar-refractivity contribution in [1.29, 1.82) is 0 Å². The summed E-state index contributed by atoms with van der Waals surface area (Å²) in [5, 5.41) is 2.90. The number of benzene rings is 1. The summed E-state index contributed by atoms with van der Waals surface area (Å²) < 4.78 is 18.4. The fourth-order valence-electron chi connectivity index (χ4n) is 3.24. The minimum atomic E-state index is -0.285. The number of ether oxygens (including phenoxy) is 1. The van der Waals surface area contributed by atoms with E-state index < -0.39 is 0 Å². The number of amides is 2. The van der Waals surface area contributed by atoms with Gasteiger partial charge in [-0.3, -0.25) is 9.59 Å². The van der Waals surface area contributed by atoms with E-state index in [2.05, 4.69) is 5.32 Å². The Bertz CT molecular complexity index is 584. The van der Waals surface area contributed by atoms with Crippen LogP contribution in [0.2, 0.25) is 0 Å². The number of carbonyl (C=O) groups excluding carboxylic acids is 2. The van der Waals surface area contributed by atoms with Crippen LogP contribution in [0.5, 0.6) is 0 Å². The molecule has 2 atom stereocenters. The highest BCUT2D eigenvalue weighted by Gasteiger charge is 2.34. The highest BCUT2D eigenvalue weighted by molar-refractivity contribution is 5.89. The van der Waals surface area contributed by atoms with E-state index >= 15 is 0 Å². The van der Waals surface area contributed by atoms with Gasteiger partial charge in [-0.1, -0.05) is 12.1 Å². The third kappa shape index (κ3) is 4.32. The van der Waals surface area contributed by atoms with Crippen LogP contribution in [0.1, 0.15) is 24.8 Å². The van der Waals surface area contributed by atoms with Gasteiger partial charge in [0.05, 0.1) is 12.0 Å². The average Bonchev–Trinajstić information content (AvgIpc) is 3.22. The van der Waals surface area contributed by atoms with E-state index in [9.17, 15) is 14.0 Å². The van der Waals surface area contributed by atoms with Crippen LogP contribution < -0.4 is 5.32 Å². The molecule has 1 N–H and O–H groups in total. The second-order valence-corrected chi connectivity index (χ2v) is 6.50. The number of rotatable bonds is 6. The van der Waals surface area contributed by atoms with Gasteiger partial charge in [0, 0.05) is 32.7 Å². The summed E-state index contributed by atoms with van der Waals surface area (Å²) in [5.74, 6) is -0.608. The van der Waals surface area contributed by atoms with Crippen LogP contribution in [0.15, 0.2) is 24.3 Å². The summed E-state index contributed by atoms with van der Waals surface area (Å²) in [6.45, 7) is 2.30. The number of hydrogen-bond acceptors (Lipinski definition) is 3. The van der Waals surface area contributed by atoms with Gasteiger partial charge < -0.3 is 15.0 Å². The van der Waals surface area contributed by atoms with Crippen LogP contribution in [0.3, 0.4) is 0 Å². The van der Waals surface area contributed by atoms with Crippen molar-refractivity contribution in [2.75, 3.05) is 26.2 Å². The molecule has 0 saturated carbocycles. The Hall–Kier alpha value is -1.95. The molecule has 0 aliphatic carbocycles. The SMILES string of the molecule is O=C(NC[C@@H]1CCCO1)[C@@H]1CC(=O)N(CCc2ccc(F)cc2)C1. The van der Waals surface area contributed by atoms with Gasteiger partial charge in [0.1, 0.15) is 5.82 Å². The molecule has 2 heterocycles. The molecule has 0 radical (unpaired) electrons. The van der Waals surface area contributed by atoms with Crippen LogP contribution in [-0.2, 0) is 20.7 Å². The Morgan fingerprint density at radius 3 is 2.83 bits per heavy atom. The summed E-state index contributed by atoms with van der Waals surface area (Å²) in [6.07, 6.45) is 3.06. The molecule has 0 spiro atoms. The normalized spacial score (nSPS) is 23.7. The third-order valence-electron chi connectivity index (χ3n) is 4.70. The Labute approximate surface area is 141 Å². The molecule has 130 valence electrons. The molecule has 3 rings (SSSR count).